The standard InChI is InChI=1S/C19H31N3O3S2/c1-14-5-4-6-18(15(14)2)19(23)22-9-8-21(11-16(20)13-26)17(12-22)7-10-27(3,24)25/h4-6,16-17,26H,7-13,20H2,1-3H3/t16-,17+/m1/s1. The summed E-state index contributed by atoms with van der Waals surface area (Å²) in [5.41, 5.74) is 8.86. The SMILES string of the molecule is Cc1cccc(C(=O)N2CCN(C[C@@H](N)CS)[C@@H](CCS(C)(=O)=O)C2)c1C. The summed E-state index contributed by atoms with van der Waals surface area (Å²) in [6.07, 6.45) is 1.74. The number of nitrogens with zero attached hydrogens (tertiary/aromatic N) is 2. The molecule has 0 unspecified atom stereocenters. The van der Waals surface area contributed by atoms with Crippen molar-refractivity contribution >= 4 is 28.4 Å². The highest BCUT2D eigenvalue weighted by Crippen LogP contribution is 2.20. The average molecular weight is 414 g/mol. The van der Waals surface area contributed by atoms with Crippen molar-refractivity contribution in [3.05, 3.63) is 34.9 Å². The van der Waals surface area contributed by atoms with Gasteiger partial charge in [-0.1, -0.05) is 12.1 Å². The van der Waals surface area contributed by atoms with Gasteiger partial charge in [0.2, 0.25) is 0 Å². The number of nitrogens with two attached hydrogens (primary N) is 1. The summed E-state index contributed by atoms with van der Waals surface area (Å²) in [4.78, 5) is 17.1. The van der Waals surface area contributed by atoms with Gasteiger partial charge in [-0.25, -0.2) is 8.42 Å². The lowest BCUT2D eigenvalue weighted by Gasteiger charge is -2.42. The summed E-state index contributed by atoms with van der Waals surface area (Å²) >= 11 is 4.25. The third kappa shape index (κ3) is 6.20. The molecule has 1 amide bonds. The number of hydrogen-bond acceptors (Lipinski definition) is 6. The highest BCUT2D eigenvalue weighted by molar-refractivity contribution is 7.90. The molecular formula is C19H31N3O3S2. The molecule has 1 heterocycles. The number of thiol groups is 1. The third-order valence-corrected chi connectivity index (χ3v) is 6.70. The van der Waals surface area contributed by atoms with E-state index in [0.717, 1.165) is 16.7 Å². The molecule has 27 heavy (non-hydrogen) atoms. The molecule has 0 aliphatic carbocycles. The zero-order chi connectivity index (χ0) is 20.2. The van der Waals surface area contributed by atoms with E-state index in [2.05, 4.69) is 17.5 Å². The monoisotopic (exact) mass is 413 g/mol. The van der Waals surface area contributed by atoms with Crippen molar-refractivity contribution in [2.24, 2.45) is 5.73 Å². The molecule has 2 N–H and O–H groups in total. The predicted molar refractivity (Wildman–Crippen MR) is 113 cm³/mol. The quantitative estimate of drug-likeness (QED) is 0.655. The number of carbonyl (C=O) groups is 1. The molecule has 6 nitrogen and oxygen atoms in total. The summed E-state index contributed by atoms with van der Waals surface area (Å²) in [5, 5.41) is 0. The Morgan fingerprint density at radius 1 is 1.33 bits per heavy atom. The molecule has 0 spiro atoms. The third-order valence-electron chi connectivity index (χ3n) is 5.25. The number of sulfone groups is 1. The lowest BCUT2D eigenvalue weighted by molar-refractivity contribution is 0.0464. The summed E-state index contributed by atoms with van der Waals surface area (Å²) < 4.78 is 23.3. The Balaban J connectivity index is 2.16. The molecule has 1 aliphatic rings. The first-order chi connectivity index (χ1) is 12.6. The summed E-state index contributed by atoms with van der Waals surface area (Å²) in [6, 6.07) is 5.67. The first-order valence-corrected chi connectivity index (χ1v) is 12.0. The van der Waals surface area contributed by atoms with E-state index in [9.17, 15) is 13.2 Å². The van der Waals surface area contributed by atoms with Crippen LogP contribution in [0.15, 0.2) is 18.2 Å². The Bertz CT molecular complexity index is 767. The fourth-order valence-electron chi connectivity index (χ4n) is 3.45. The Kier molecular flexibility index (Phi) is 7.73. The van der Waals surface area contributed by atoms with Crippen molar-refractivity contribution in [3.63, 3.8) is 0 Å². The zero-order valence-electron chi connectivity index (χ0n) is 16.4. The van der Waals surface area contributed by atoms with E-state index < -0.39 is 9.84 Å². The van der Waals surface area contributed by atoms with Crippen LogP contribution >= 0.6 is 12.6 Å². The normalized spacial score (nSPS) is 19.9. The van der Waals surface area contributed by atoms with E-state index in [1.807, 2.05) is 36.9 Å². The maximum Gasteiger partial charge on any atom is 0.254 e. The van der Waals surface area contributed by atoms with Gasteiger partial charge in [0, 0.05) is 55.8 Å². The Morgan fingerprint density at radius 2 is 2.04 bits per heavy atom. The van der Waals surface area contributed by atoms with Crippen LogP contribution < -0.4 is 5.73 Å². The molecule has 0 aromatic heterocycles. The van der Waals surface area contributed by atoms with Crippen molar-refractivity contribution in [3.8, 4) is 0 Å². The molecule has 2 atom stereocenters. The number of amides is 1. The van der Waals surface area contributed by atoms with Gasteiger partial charge in [0.05, 0.1) is 5.75 Å². The second-order valence-electron chi connectivity index (χ2n) is 7.51. The highest BCUT2D eigenvalue weighted by atomic mass is 32.2. The minimum Gasteiger partial charge on any atom is -0.336 e. The van der Waals surface area contributed by atoms with E-state index in [4.69, 9.17) is 5.73 Å². The molecule has 0 bridgehead atoms. The minimum absolute atomic E-state index is 0.0127. The average Bonchev–Trinajstić information content (AvgIpc) is 2.61. The van der Waals surface area contributed by atoms with Crippen LogP contribution in [0.25, 0.3) is 0 Å². The number of benzene rings is 1. The second kappa shape index (κ2) is 9.41. The first kappa shape index (κ1) is 22.2. The van der Waals surface area contributed by atoms with Crippen molar-refractivity contribution in [2.45, 2.75) is 32.4 Å². The summed E-state index contributed by atoms with van der Waals surface area (Å²) in [6.45, 7) is 6.43. The van der Waals surface area contributed by atoms with Gasteiger partial charge >= 0.3 is 0 Å². The van der Waals surface area contributed by atoms with E-state index in [1.165, 1.54) is 6.26 Å². The molecule has 0 saturated carbocycles. The predicted octanol–water partition coefficient (Wildman–Crippen LogP) is 1.12. The molecule has 2 rings (SSSR count). The highest BCUT2D eigenvalue weighted by Gasteiger charge is 2.31. The lowest BCUT2D eigenvalue weighted by atomic mass is 10.0. The Labute approximate surface area is 168 Å². The molecule has 1 aromatic carbocycles. The van der Waals surface area contributed by atoms with E-state index in [1.54, 1.807) is 0 Å². The van der Waals surface area contributed by atoms with Gasteiger partial charge in [0.1, 0.15) is 9.84 Å². The molecule has 1 saturated heterocycles. The second-order valence-corrected chi connectivity index (χ2v) is 10.1. The molecule has 152 valence electrons. The Hall–Kier alpha value is -1.09. The van der Waals surface area contributed by atoms with Crippen LogP contribution in [0.2, 0.25) is 0 Å². The lowest BCUT2D eigenvalue weighted by Crippen LogP contribution is -2.57. The molecule has 1 aliphatic heterocycles. The van der Waals surface area contributed by atoms with Crippen molar-refractivity contribution in [1.29, 1.82) is 0 Å². The Morgan fingerprint density at radius 3 is 2.67 bits per heavy atom. The minimum atomic E-state index is -3.06. The number of hydrogen-bond donors (Lipinski definition) is 2. The van der Waals surface area contributed by atoms with Gasteiger partial charge < -0.3 is 10.6 Å². The molecule has 8 heteroatoms. The van der Waals surface area contributed by atoms with Crippen LogP contribution in [-0.2, 0) is 9.84 Å². The van der Waals surface area contributed by atoms with Crippen molar-refractivity contribution in [2.75, 3.05) is 43.9 Å². The van der Waals surface area contributed by atoms with Crippen molar-refractivity contribution in [1.82, 2.24) is 9.80 Å². The van der Waals surface area contributed by atoms with Gasteiger partial charge in [-0.05, 0) is 37.5 Å². The topological polar surface area (TPSA) is 83.7 Å². The fraction of sp³-hybridized carbons (Fsp3) is 0.632. The van der Waals surface area contributed by atoms with Crippen LogP contribution in [0.3, 0.4) is 0 Å². The molecule has 1 fully saturated rings. The maximum atomic E-state index is 13.1. The molecule has 0 radical (unpaired) electrons. The first-order valence-electron chi connectivity index (χ1n) is 9.26. The van der Waals surface area contributed by atoms with Crippen LogP contribution in [0.1, 0.15) is 27.9 Å². The van der Waals surface area contributed by atoms with Gasteiger partial charge in [0.15, 0.2) is 0 Å². The number of carbonyl (C=O) groups excluding carboxylic acids is 1. The zero-order valence-corrected chi connectivity index (χ0v) is 18.1. The van der Waals surface area contributed by atoms with Gasteiger partial charge in [-0.15, -0.1) is 0 Å². The van der Waals surface area contributed by atoms with Crippen LogP contribution in [0.5, 0.6) is 0 Å². The summed E-state index contributed by atoms with van der Waals surface area (Å²) in [5.74, 6) is 0.689. The van der Waals surface area contributed by atoms with Crippen LogP contribution in [-0.4, -0.2) is 80.1 Å². The van der Waals surface area contributed by atoms with Crippen LogP contribution in [0.4, 0.5) is 0 Å². The molecular weight excluding hydrogens is 382 g/mol. The fourth-order valence-corrected chi connectivity index (χ4v) is 4.27. The maximum absolute atomic E-state index is 13.1. The van der Waals surface area contributed by atoms with Crippen molar-refractivity contribution < 1.29 is 13.2 Å². The van der Waals surface area contributed by atoms with Gasteiger partial charge in [0.25, 0.3) is 5.91 Å². The van der Waals surface area contributed by atoms with E-state index in [-0.39, 0.29) is 23.7 Å². The number of piperazine rings is 1. The summed E-state index contributed by atoms with van der Waals surface area (Å²) in [7, 11) is -3.06. The largest absolute Gasteiger partial charge is 0.336 e. The molecule has 1 aromatic rings. The van der Waals surface area contributed by atoms with E-state index in [0.29, 0.717) is 38.4 Å². The van der Waals surface area contributed by atoms with Gasteiger partial charge in [-0.3, -0.25) is 9.69 Å². The van der Waals surface area contributed by atoms with Crippen LogP contribution in [0, 0.1) is 13.8 Å². The van der Waals surface area contributed by atoms with E-state index >= 15 is 0 Å². The van der Waals surface area contributed by atoms with Gasteiger partial charge in [-0.2, -0.15) is 12.6 Å². The number of aryl methyl sites for hydroxylation is 1. The smallest absolute Gasteiger partial charge is 0.254 e. The number of rotatable bonds is 7.